The van der Waals surface area contributed by atoms with Crippen molar-refractivity contribution in [3.63, 3.8) is 0 Å². The van der Waals surface area contributed by atoms with Crippen molar-refractivity contribution in [1.82, 2.24) is 9.88 Å². The zero-order chi connectivity index (χ0) is 13.2. The van der Waals surface area contributed by atoms with Crippen molar-refractivity contribution >= 4 is 12.1 Å². The van der Waals surface area contributed by atoms with Crippen LogP contribution in [0.4, 0.5) is 5.82 Å². The highest BCUT2D eigenvalue weighted by atomic mass is 16.1. The number of aromatic nitrogens is 1. The highest BCUT2D eigenvalue weighted by Crippen LogP contribution is 2.31. The van der Waals surface area contributed by atoms with Crippen LogP contribution < -0.4 is 4.90 Å². The van der Waals surface area contributed by atoms with Gasteiger partial charge in [-0.15, -0.1) is 0 Å². The lowest BCUT2D eigenvalue weighted by Gasteiger charge is -2.46. The van der Waals surface area contributed by atoms with Gasteiger partial charge in [0.2, 0.25) is 0 Å². The van der Waals surface area contributed by atoms with Gasteiger partial charge in [0, 0.05) is 30.9 Å². The SMILES string of the molecule is CN1CCCC2CN(c3ccc(C=O)cn3)CCC21. The second-order valence-electron chi connectivity index (χ2n) is 5.75. The number of hydrogen-bond acceptors (Lipinski definition) is 4. The number of piperidine rings is 2. The summed E-state index contributed by atoms with van der Waals surface area (Å²) in [4.78, 5) is 20.0. The summed E-state index contributed by atoms with van der Waals surface area (Å²) < 4.78 is 0. The average Bonchev–Trinajstić information content (AvgIpc) is 2.47. The maximum Gasteiger partial charge on any atom is 0.151 e. The monoisotopic (exact) mass is 259 g/mol. The number of aldehydes is 1. The fourth-order valence-corrected chi connectivity index (χ4v) is 3.51. The van der Waals surface area contributed by atoms with Crippen LogP contribution in [0.1, 0.15) is 29.6 Å². The molecule has 0 amide bonds. The molecule has 0 radical (unpaired) electrons. The van der Waals surface area contributed by atoms with Crippen molar-refractivity contribution in [2.45, 2.75) is 25.3 Å². The molecule has 0 aliphatic carbocycles. The largest absolute Gasteiger partial charge is 0.356 e. The predicted octanol–water partition coefficient (Wildman–Crippen LogP) is 1.81. The minimum Gasteiger partial charge on any atom is -0.356 e. The zero-order valence-corrected chi connectivity index (χ0v) is 11.5. The number of carbonyl (C=O) groups is 1. The third kappa shape index (κ3) is 2.50. The number of fused-ring (bicyclic) bond motifs is 1. The van der Waals surface area contributed by atoms with E-state index in [0.29, 0.717) is 5.56 Å². The smallest absolute Gasteiger partial charge is 0.151 e. The number of hydrogen-bond donors (Lipinski definition) is 0. The molecule has 2 saturated heterocycles. The molecule has 0 saturated carbocycles. The van der Waals surface area contributed by atoms with E-state index in [2.05, 4.69) is 21.8 Å². The third-order valence-corrected chi connectivity index (χ3v) is 4.58. The molecule has 0 aromatic carbocycles. The molecule has 3 rings (SSSR count). The predicted molar refractivity (Wildman–Crippen MR) is 75.6 cm³/mol. The minimum atomic E-state index is 0.649. The summed E-state index contributed by atoms with van der Waals surface area (Å²) >= 11 is 0. The minimum absolute atomic E-state index is 0.649. The van der Waals surface area contributed by atoms with Gasteiger partial charge in [0.1, 0.15) is 5.82 Å². The number of nitrogens with zero attached hydrogens (tertiary/aromatic N) is 3. The molecular formula is C15H21N3O. The summed E-state index contributed by atoms with van der Waals surface area (Å²) in [5.41, 5.74) is 0.649. The molecule has 2 aliphatic heterocycles. The first kappa shape index (κ1) is 12.6. The van der Waals surface area contributed by atoms with Gasteiger partial charge >= 0.3 is 0 Å². The van der Waals surface area contributed by atoms with Gasteiger partial charge < -0.3 is 9.80 Å². The molecule has 2 unspecified atom stereocenters. The van der Waals surface area contributed by atoms with Crippen molar-refractivity contribution in [3.05, 3.63) is 23.9 Å². The molecule has 0 N–H and O–H groups in total. The van der Waals surface area contributed by atoms with Crippen molar-refractivity contribution in [1.29, 1.82) is 0 Å². The van der Waals surface area contributed by atoms with E-state index >= 15 is 0 Å². The Hall–Kier alpha value is -1.42. The number of rotatable bonds is 2. The van der Waals surface area contributed by atoms with Crippen molar-refractivity contribution in [2.24, 2.45) is 5.92 Å². The fraction of sp³-hybridized carbons (Fsp3) is 0.600. The Kier molecular flexibility index (Phi) is 3.51. The number of carbonyl (C=O) groups excluding carboxylic acids is 1. The lowest BCUT2D eigenvalue weighted by Crippen LogP contribution is -2.52. The summed E-state index contributed by atoms with van der Waals surface area (Å²) in [5, 5.41) is 0. The molecule has 3 heterocycles. The van der Waals surface area contributed by atoms with Gasteiger partial charge in [0.05, 0.1) is 0 Å². The van der Waals surface area contributed by atoms with Gasteiger partial charge in [0.25, 0.3) is 0 Å². The van der Waals surface area contributed by atoms with E-state index in [9.17, 15) is 4.79 Å². The van der Waals surface area contributed by atoms with Gasteiger partial charge in [-0.3, -0.25) is 4.79 Å². The van der Waals surface area contributed by atoms with Crippen LogP contribution in [0.15, 0.2) is 18.3 Å². The van der Waals surface area contributed by atoms with Crippen LogP contribution in [-0.4, -0.2) is 48.9 Å². The molecule has 4 nitrogen and oxygen atoms in total. The molecular weight excluding hydrogens is 238 g/mol. The Balaban J connectivity index is 1.71. The van der Waals surface area contributed by atoms with E-state index < -0.39 is 0 Å². The van der Waals surface area contributed by atoms with Gasteiger partial charge in [-0.2, -0.15) is 0 Å². The van der Waals surface area contributed by atoms with Crippen molar-refractivity contribution in [2.75, 3.05) is 31.6 Å². The number of anilines is 1. The Labute approximate surface area is 114 Å². The van der Waals surface area contributed by atoms with Crippen LogP contribution in [0, 0.1) is 5.92 Å². The first-order valence-corrected chi connectivity index (χ1v) is 7.14. The molecule has 2 fully saturated rings. The van der Waals surface area contributed by atoms with Crippen LogP contribution in [-0.2, 0) is 0 Å². The third-order valence-electron chi connectivity index (χ3n) is 4.58. The van der Waals surface area contributed by atoms with E-state index in [0.717, 1.165) is 37.2 Å². The topological polar surface area (TPSA) is 36.4 Å². The Morgan fingerprint density at radius 2 is 2.21 bits per heavy atom. The van der Waals surface area contributed by atoms with Gasteiger partial charge in [-0.25, -0.2) is 4.98 Å². The van der Waals surface area contributed by atoms with Crippen LogP contribution in [0.3, 0.4) is 0 Å². The Morgan fingerprint density at radius 1 is 1.32 bits per heavy atom. The molecule has 102 valence electrons. The first-order chi connectivity index (χ1) is 9.28. The maximum atomic E-state index is 10.7. The number of pyridine rings is 1. The average molecular weight is 259 g/mol. The quantitative estimate of drug-likeness (QED) is 0.759. The Morgan fingerprint density at radius 3 is 2.95 bits per heavy atom. The second kappa shape index (κ2) is 5.29. The highest BCUT2D eigenvalue weighted by Gasteiger charge is 2.34. The molecule has 1 aromatic rings. The van der Waals surface area contributed by atoms with Crippen LogP contribution in [0.25, 0.3) is 0 Å². The van der Waals surface area contributed by atoms with E-state index in [1.165, 1.54) is 25.8 Å². The van der Waals surface area contributed by atoms with Crippen LogP contribution in [0.5, 0.6) is 0 Å². The normalized spacial score (nSPS) is 27.9. The first-order valence-electron chi connectivity index (χ1n) is 7.14. The molecule has 4 heteroatoms. The maximum absolute atomic E-state index is 10.7. The van der Waals surface area contributed by atoms with Crippen LogP contribution >= 0.6 is 0 Å². The highest BCUT2D eigenvalue weighted by molar-refractivity contribution is 5.74. The van der Waals surface area contributed by atoms with Gasteiger partial charge in [-0.05, 0) is 50.9 Å². The number of likely N-dealkylation sites (tertiary alicyclic amines) is 1. The van der Waals surface area contributed by atoms with Gasteiger partial charge in [-0.1, -0.05) is 0 Å². The van der Waals surface area contributed by atoms with Crippen LogP contribution in [0.2, 0.25) is 0 Å². The second-order valence-corrected chi connectivity index (χ2v) is 5.75. The summed E-state index contributed by atoms with van der Waals surface area (Å²) in [7, 11) is 2.25. The molecule has 2 aliphatic rings. The lowest BCUT2D eigenvalue weighted by molar-refractivity contribution is 0.102. The molecule has 19 heavy (non-hydrogen) atoms. The Bertz CT molecular complexity index is 445. The summed E-state index contributed by atoms with van der Waals surface area (Å²) in [6.07, 6.45) is 6.37. The molecule has 0 bridgehead atoms. The van der Waals surface area contributed by atoms with Crippen molar-refractivity contribution in [3.8, 4) is 0 Å². The zero-order valence-electron chi connectivity index (χ0n) is 11.5. The van der Waals surface area contributed by atoms with Crippen molar-refractivity contribution < 1.29 is 4.79 Å². The summed E-state index contributed by atoms with van der Waals surface area (Å²) in [6, 6.07) is 4.57. The lowest BCUT2D eigenvalue weighted by atomic mass is 9.84. The molecule has 0 spiro atoms. The molecule has 1 aromatic heterocycles. The molecule has 2 atom stereocenters. The summed E-state index contributed by atoms with van der Waals surface area (Å²) in [6.45, 7) is 3.41. The van der Waals surface area contributed by atoms with E-state index in [-0.39, 0.29) is 0 Å². The van der Waals surface area contributed by atoms with Gasteiger partial charge in [0.15, 0.2) is 6.29 Å². The van der Waals surface area contributed by atoms with E-state index in [1.54, 1.807) is 6.20 Å². The van der Waals surface area contributed by atoms with E-state index in [1.807, 2.05) is 12.1 Å². The summed E-state index contributed by atoms with van der Waals surface area (Å²) in [5.74, 6) is 1.78. The van der Waals surface area contributed by atoms with E-state index in [4.69, 9.17) is 0 Å². The standard InChI is InChI=1S/C15H21N3O/c1-17-7-2-3-13-10-18(8-6-14(13)17)15-5-4-12(11-19)9-16-15/h4-5,9,11,13-14H,2-3,6-8,10H2,1H3. The fourth-order valence-electron chi connectivity index (χ4n) is 3.51.